The normalized spacial score (nSPS) is 10.7. The van der Waals surface area contributed by atoms with Gasteiger partial charge >= 0.3 is 0 Å². The molecule has 0 fully saturated rings. The van der Waals surface area contributed by atoms with E-state index in [4.69, 9.17) is 0 Å². The fourth-order valence-corrected chi connectivity index (χ4v) is 2.04. The summed E-state index contributed by atoms with van der Waals surface area (Å²) in [6, 6.07) is 8.27. The van der Waals surface area contributed by atoms with Crippen LogP contribution in [0.3, 0.4) is 0 Å². The van der Waals surface area contributed by atoms with E-state index < -0.39 is 0 Å². The first-order valence-corrected chi connectivity index (χ1v) is 6.55. The predicted molar refractivity (Wildman–Crippen MR) is 80.3 cm³/mol. The minimum atomic E-state index is 0.541. The maximum absolute atomic E-state index is 4.44. The Kier molecular flexibility index (Phi) is 3.20. The molecule has 2 heterocycles. The number of H-pyrrole nitrogens is 1. The molecule has 0 amide bonds. The first-order chi connectivity index (χ1) is 9.80. The number of aryl methyl sites for hydroxylation is 1. The molecule has 0 unspecified atom stereocenters. The number of hydrogen-bond acceptors (Lipinski definition) is 5. The van der Waals surface area contributed by atoms with Crippen LogP contribution in [0.1, 0.15) is 12.5 Å². The van der Waals surface area contributed by atoms with Gasteiger partial charge in [0.05, 0.1) is 6.33 Å². The summed E-state index contributed by atoms with van der Waals surface area (Å²) >= 11 is 0. The highest BCUT2D eigenvalue weighted by Gasteiger charge is 2.09. The molecular weight excluding hydrogens is 252 g/mol. The fraction of sp³-hybridized carbons (Fsp3) is 0.214. The molecule has 0 atom stereocenters. The Hall–Kier alpha value is -2.63. The molecule has 0 bridgehead atoms. The highest BCUT2D eigenvalue weighted by atomic mass is 15.2. The summed E-state index contributed by atoms with van der Waals surface area (Å²) in [5.41, 5.74) is 3.71. The second-order valence-electron chi connectivity index (χ2n) is 4.43. The molecule has 6 heteroatoms. The molecule has 0 radical (unpaired) electrons. The summed E-state index contributed by atoms with van der Waals surface area (Å²) in [7, 11) is 1.79. The SMILES string of the molecule is CCc1cccc(Nc2nc(NC)nc3nc[nH]c23)c1. The molecular formula is C14H16N6. The molecule has 20 heavy (non-hydrogen) atoms. The number of nitrogens with one attached hydrogen (secondary N) is 3. The van der Waals surface area contributed by atoms with Gasteiger partial charge in [0, 0.05) is 12.7 Å². The average Bonchev–Trinajstić information content (AvgIpc) is 2.96. The molecule has 0 aliphatic rings. The van der Waals surface area contributed by atoms with Crippen LogP contribution in [0.4, 0.5) is 17.5 Å². The van der Waals surface area contributed by atoms with E-state index in [0.717, 1.165) is 17.6 Å². The van der Waals surface area contributed by atoms with Crippen LogP contribution < -0.4 is 10.6 Å². The molecule has 0 aliphatic carbocycles. The van der Waals surface area contributed by atoms with E-state index >= 15 is 0 Å². The van der Waals surface area contributed by atoms with E-state index in [-0.39, 0.29) is 0 Å². The monoisotopic (exact) mass is 268 g/mol. The van der Waals surface area contributed by atoms with Crippen molar-refractivity contribution in [1.29, 1.82) is 0 Å². The largest absolute Gasteiger partial charge is 0.357 e. The third-order valence-electron chi connectivity index (χ3n) is 3.11. The lowest BCUT2D eigenvalue weighted by Gasteiger charge is -2.09. The molecule has 0 saturated carbocycles. The standard InChI is InChI=1S/C14H16N6/c1-3-9-5-4-6-10(7-9)18-13-11-12(17-8-16-11)19-14(15-2)20-13/h4-8H,3H2,1-2H3,(H3,15,16,17,18,19,20). The van der Waals surface area contributed by atoms with Gasteiger partial charge in [0.25, 0.3) is 0 Å². The zero-order valence-corrected chi connectivity index (χ0v) is 11.4. The van der Waals surface area contributed by atoms with E-state index in [0.29, 0.717) is 17.4 Å². The van der Waals surface area contributed by atoms with Gasteiger partial charge < -0.3 is 15.6 Å². The Balaban J connectivity index is 2.02. The van der Waals surface area contributed by atoms with Crippen LogP contribution in [0.25, 0.3) is 11.2 Å². The van der Waals surface area contributed by atoms with Crippen molar-refractivity contribution in [2.24, 2.45) is 0 Å². The van der Waals surface area contributed by atoms with Crippen molar-refractivity contribution in [2.75, 3.05) is 17.7 Å². The van der Waals surface area contributed by atoms with Crippen LogP contribution in [0.15, 0.2) is 30.6 Å². The van der Waals surface area contributed by atoms with Gasteiger partial charge in [-0.2, -0.15) is 9.97 Å². The third-order valence-corrected chi connectivity index (χ3v) is 3.11. The number of aromatic nitrogens is 4. The van der Waals surface area contributed by atoms with Crippen LogP contribution in [0.5, 0.6) is 0 Å². The Morgan fingerprint density at radius 2 is 2.15 bits per heavy atom. The first kappa shape index (κ1) is 12.4. The second-order valence-corrected chi connectivity index (χ2v) is 4.43. The number of nitrogens with zero attached hydrogens (tertiary/aromatic N) is 3. The summed E-state index contributed by atoms with van der Waals surface area (Å²) in [4.78, 5) is 16.0. The Labute approximate surface area is 116 Å². The maximum atomic E-state index is 4.44. The molecule has 2 aromatic heterocycles. The molecule has 3 rings (SSSR count). The number of benzene rings is 1. The van der Waals surface area contributed by atoms with Gasteiger partial charge in [-0.25, -0.2) is 4.98 Å². The quantitative estimate of drug-likeness (QED) is 0.678. The zero-order chi connectivity index (χ0) is 13.9. The van der Waals surface area contributed by atoms with Crippen molar-refractivity contribution in [1.82, 2.24) is 19.9 Å². The molecule has 6 nitrogen and oxygen atoms in total. The van der Waals surface area contributed by atoms with Crippen LogP contribution in [0.2, 0.25) is 0 Å². The molecule has 3 aromatic rings. The minimum absolute atomic E-state index is 0.541. The third kappa shape index (κ3) is 2.27. The molecule has 1 aromatic carbocycles. The van der Waals surface area contributed by atoms with Gasteiger partial charge in [-0.05, 0) is 24.1 Å². The minimum Gasteiger partial charge on any atom is -0.357 e. The van der Waals surface area contributed by atoms with Gasteiger partial charge in [-0.3, -0.25) is 0 Å². The Bertz CT molecular complexity index is 733. The van der Waals surface area contributed by atoms with E-state index in [2.05, 4.69) is 49.6 Å². The predicted octanol–water partition coefficient (Wildman–Crippen LogP) is 2.70. The van der Waals surface area contributed by atoms with Crippen molar-refractivity contribution in [2.45, 2.75) is 13.3 Å². The van der Waals surface area contributed by atoms with Crippen molar-refractivity contribution in [3.63, 3.8) is 0 Å². The Morgan fingerprint density at radius 3 is 2.95 bits per heavy atom. The van der Waals surface area contributed by atoms with Crippen molar-refractivity contribution in [3.05, 3.63) is 36.2 Å². The lowest BCUT2D eigenvalue weighted by Crippen LogP contribution is -2.02. The maximum Gasteiger partial charge on any atom is 0.226 e. The summed E-state index contributed by atoms with van der Waals surface area (Å²) in [5, 5.41) is 6.26. The van der Waals surface area contributed by atoms with Gasteiger partial charge in [-0.15, -0.1) is 0 Å². The molecule has 0 spiro atoms. The van der Waals surface area contributed by atoms with Crippen LogP contribution >= 0.6 is 0 Å². The number of imidazole rings is 1. The molecule has 0 aliphatic heterocycles. The van der Waals surface area contributed by atoms with E-state index in [1.807, 2.05) is 12.1 Å². The number of rotatable bonds is 4. The summed E-state index contributed by atoms with van der Waals surface area (Å²) in [5.74, 6) is 1.25. The van der Waals surface area contributed by atoms with Crippen LogP contribution in [-0.4, -0.2) is 27.0 Å². The van der Waals surface area contributed by atoms with E-state index in [1.165, 1.54) is 5.56 Å². The average molecular weight is 268 g/mol. The van der Waals surface area contributed by atoms with Crippen LogP contribution in [0, 0.1) is 0 Å². The number of fused-ring (bicyclic) bond motifs is 1. The summed E-state index contributed by atoms with van der Waals surface area (Å²) < 4.78 is 0. The first-order valence-electron chi connectivity index (χ1n) is 6.55. The van der Waals surface area contributed by atoms with Crippen LogP contribution in [-0.2, 0) is 6.42 Å². The lowest BCUT2D eigenvalue weighted by atomic mass is 10.1. The summed E-state index contributed by atoms with van der Waals surface area (Å²) in [6.07, 6.45) is 2.62. The number of aromatic amines is 1. The van der Waals surface area contributed by atoms with Gasteiger partial charge in [0.2, 0.25) is 5.95 Å². The zero-order valence-electron chi connectivity index (χ0n) is 11.4. The van der Waals surface area contributed by atoms with E-state index in [9.17, 15) is 0 Å². The van der Waals surface area contributed by atoms with Crippen molar-refractivity contribution >= 4 is 28.6 Å². The van der Waals surface area contributed by atoms with Gasteiger partial charge in [-0.1, -0.05) is 19.1 Å². The van der Waals surface area contributed by atoms with E-state index in [1.54, 1.807) is 13.4 Å². The topological polar surface area (TPSA) is 78.5 Å². The fourth-order valence-electron chi connectivity index (χ4n) is 2.04. The number of anilines is 3. The van der Waals surface area contributed by atoms with Gasteiger partial charge in [0.1, 0.15) is 5.52 Å². The molecule has 102 valence electrons. The smallest absolute Gasteiger partial charge is 0.226 e. The van der Waals surface area contributed by atoms with Crippen molar-refractivity contribution < 1.29 is 0 Å². The van der Waals surface area contributed by atoms with Gasteiger partial charge in [0.15, 0.2) is 11.5 Å². The second kappa shape index (κ2) is 5.16. The Morgan fingerprint density at radius 1 is 1.25 bits per heavy atom. The van der Waals surface area contributed by atoms with Crippen molar-refractivity contribution in [3.8, 4) is 0 Å². The lowest BCUT2D eigenvalue weighted by molar-refractivity contribution is 1.14. The number of hydrogen-bond donors (Lipinski definition) is 3. The highest BCUT2D eigenvalue weighted by molar-refractivity contribution is 5.86. The summed E-state index contributed by atoms with van der Waals surface area (Å²) in [6.45, 7) is 2.13. The highest BCUT2D eigenvalue weighted by Crippen LogP contribution is 2.23. The molecule has 0 saturated heterocycles. The molecule has 3 N–H and O–H groups in total.